The molecular weight excluding hydrogens is 493 g/mol. The fourth-order valence-corrected chi connectivity index (χ4v) is 3.57. The number of rotatable bonds is 8. The van der Waals surface area contributed by atoms with Gasteiger partial charge in [0.15, 0.2) is 0 Å². The maximum absolute atomic E-state index is 13.5. The number of aliphatic hydroxyl groups is 1. The Morgan fingerprint density at radius 1 is 1.19 bits per heavy atom. The molecule has 9 nitrogen and oxygen atoms in total. The number of hydrogen-bond donors (Lipinski definition) is 4. The normalized spacial score (nSPS) is 14.9. The number of H-pyrrole nitrogens is 1. The van der Waals surface area contributed by atoms with E-state index in [9.17, 15) is 32.7 Å². The lowest BCUT2D eigenvalue weighted by Gasteiger charge is -2.17. The number of carbonyl (C=O) groups excluding carboxylic acids is 2. The van der Waals surface area contributed by atoms with Crippen LogP contribution in [-0.2, 0) is 17.5 Å². The van der Waals surface area contributed by atoms with Gasteiger partial charge in [0.25, 0.3) is 5.91 Å². The van der Waals surface area contributed by atoms with Gasteiger partial charge >= 0.3 is 6.18 Å². The van der Waals surface area contributed by atoms with Crippen LogP contribution in [0, 0.1) is 0 Å². The van der Waals surface area contributed by atoms with Crippen LogP contribution in [0.15, 0.2) is 59.7 Å². The van der Waals surface area contributed by atoms with Gasteiger partial charge in [-0.3, -0.25) is 19.4 Å². The van der Waals surface area contributed by atoms with Crippen LogP contribution in [0.2, 0.25) is 0 Å². The Morgan fingerprint density at radius 3 is 2.54 bits per heavy atom. The summed E-state index contributed by atoms with van der Waals surface area (Å²) < 4.78 is 45.8. The average molecular weight is 516 g/mol. The molecule has 1 atom stereocenters. The minimum absolute atomic E-state index is 0.0125. The largest absolute Gasteiger partial charge is 0.455 e. The minimum atomic E-state index is -4.69. The quantitative estimate of drug-likeness (QED) is 0.363. The lowest BCUT2D eigenvalue weighted by Crippen LogP contribution is -2.49. The number of aromatic nitrogens is 2. The molecule has 0 saturated heterocycles. The molecule has 2 heterocycles. The van der Waals surface area contributed by atoms with E-state index < -0.39 is 46.5 Å². The second kappa shape index (κ2) is 10.1. The predicted octanol–water partition coefficient (Wildman–Crippen LogP) is 3.21. The smallest absolute Gasteiger partial charge is 0.419 e. The number of ether oxygens (including phenoxy) is 1. The van der Waals surface area contributed by atoms with E-state index in [0.29, 0.717) is 18.5 Å². The molecule has 1 saturated carbocycles. The molecule has 0 radical (unpaired) electrons. The summed E-state index contributed by atoms with van der Waals surface area (Å²) in [7, 11) is 0. The fourth-order valence-electron chi connectivity index (χ4n) is 3.57. The Morgan fingerprint density at radius 2 is 1.95 bits per heavy atom. The van der Waals surface area contributed by atoms with Gasteiger partial charge in [-0.05, 0) is 55.7 Å². The molecule has 1 aliphatic carbocycles. The number of nitrogens with zero attached hydrogens (tertiary/aromatic N) is 1. The summed E-state index contributed by atoms with van der Waals surface area (Å²) in [6, 6.07) is 8.77. The summed E-state index contributed by atoms with van der Waals surface area (Å²) in [5.41, 5.74) is -1.89. The van der Waals surface area contributed by atoms with Crippen LogP contribution in [0.3, 0.4) is 0 Å². The van der Waals surface area contributed by atoms with Crippen molar-refractivity contribution in [2.75, 3.05) is 0 Å². The molecule has 1 unspecified atom stereocenters. The maximum Gasteiger partial charge on any atom is 0.419 e. The molecule has 0 spiro atoms. The molecule has 1 aromatic carbocycles. The van der Waals surface area contributed by atoms with Crippen molar-refractivity contribution in [3.05, 3.63) is 87.6 Å². The van der Waals surface area contributed by atoms with E-state index in [0.717, 1.165) is 18.2 Å². The number of amides is 2. The summed E-state index contributed by atoms with van der Waals surface area (Å²) in [4.78, 5) is 43.0. The van der Waals surface area contributed by atoms with Crippen molar-refractivity contribution in [3.8, 4) is 11.5 Å². The topological polar surface area (TPSA) is 133 Å². The van der Waals surface area contributed by atoms with Gasteiger partial charge in [0.05, 0.1) is 30.1 Å². The van der Waals surface area contributed by atoms with Gasteiger partial charge in [0, 0.05) is 17.8 Å². The zero-order chi connectivity index (χ0) is 26.8. The summed E-state index contributed by atoms with van der Waals surface area (Å²) >= 11 is 0. The van der Waals surface area contributed by atoms with Gasteiger partial charge < -0.3 is 25.5 Å². The highest BCUT2D eigenvalue weighted by atomic mass is 19.4. The number of hydrogen-bond acceptors (Lipinski definition) is 6. The van der Waals surface area contributed by atoms with Gasteiger partial charge in [0.2, 0.25) is 11.5 Å². The number of pyridine rings is 2. The van der Waals surface area contributed by atoms with Gasteiger partial charge in [-0.15, -0.1) is 0 Å². The van der Waals surface area contributed by atoms with Gasteiger partial charge in [0.1, 0.15) is 17.0 Å². The monoisotopic (exact) mass is 516 g/mol. The lowest BCUT2D eigenvalue weighted by molar-refractivity contribution is -0.138. The van der Waals surface area contributed by atoms with E-state index in [1.165, 1.54) is 43.6 Å². The molecule has 37 heavy (non-hydrogen) atoms. The maximum atomic E-state index is 13.5. The molecule has 1 aliphatic rings. The molecular formula is C25H23F3N4O5. The number of alkyl halides is 3. The summed E-state index contributed by atoms with van der Waals surface area (Å²) in [6.07, 6.45) is -2.33. The average Bonchev–Trinajstić information content (AvgIpc) is 3.63. The van der Waals surface area contributed by atoms with Gasteiger partial charge in [-0.25, -0.2) is 0 Å². The van der Waals surface area contributed by atoms with Crippen molar-refractivity contribution in [1.82, 2.24) is 20.6 Å². The number of benzene rings is 1. The molecule has 0 bridgehead atoms. The molecule has 3 aromatic rings. The molecule has 0 aliphatic heterocycles. The Labute approximate surface area is 208 Å². The first-order valence-corrected chi connectivity index (χ1v) is 11.3. The van der Waals surface area contributed by atoms with E-state index in [1.807, 2.05) is 0 Å². The van der Waals surface area contributed by atoms with E-state index in [2.05, 4.69) is 20.6 Å². The third-order valence-electron chi connectivity index (χ3n) is 5.82. The van der Waals surface area contributed by atoms with Crippen molar-refractivity contribution >= 4 is 11.8 Å². The van der Waals surface area contributed by atoms with E-state index >= 15 is 0 Å². The van der Waals surface area contributed by atoms with Crippen LogP contribution in [-0.4, -0.2) is 32.4 Å². The first kappa shape index (κ1) is 25.9. The Bertz CT molecular complexity index is 1370. The second-order valence-electron chi connectivity index (χ2n) is 8.68. The third kappa shape index (κ3) is 6.15. The molecule has 1 fully saturated rings. The van der Waals surface area contributed by atoms with Crippen molar-refractivity contribution in [1.29, 1.82) is 0 Å². The van der Waals surface area contributed by atoms with Crippen LogP contribution in [0.25, 0.3) is 0 Å². The van der Waals surface area contributed by atoms with Crippen LogP contribution in [0.1, 0.15) is 53.0 Å². The molecule has 4 N–H and O–H groups in total. The van der Waals surface area contributed by atoms with E-state index in [-0.39, 0.29) is 23.4 Å². The first-order chi connectivity index (χ1) is 17.5. The Hall–Kier alpha value is -4.19. The zero-order valence-electron chi connectivity index (χ0n) is 19.6. The fraction of sp³-hybridized carbons (Fsp3) is 0.280. The van der Waals surface area contributed by atoms with Crippen molar-refractivity contribution < 1.29 is 32.6 Å². The van der Waals surface area contributed by atoms with Crippen molar-refractivity contribution in [2.24, 2.45) is 0 Å². The highest BCUT2D eigenvalue weighted by Gasteiger charge is 2.51. The van der Waals surface area contributed by atoms with Crippen LogP contribution in [0.5, 0.6) is 11.5 Å². The number of halogens is 3. The summed E-state index contributed by atoms with van der Waals surface area (Å²) in [5, 5.41) is 14.9. The van der Waals surface area contributed by atoms with Crippen molar-refractivity contribution in [2.45, 2.75) is 44.1 Å². The lowest BCUT2D eigenvalue weighted by atomic mass is 10.1. The number of aromatic amines is 1. The van der Waals surface area contributed by atoms with Gasteiger partial charge in [-0.2, -0.15) is 13.2 Å². The second-order valence-corrected chi connectivity index (χ2v) is 8.68. The predicted molar refractivity (Wildman–Crippen MR) is 125 cm³/mol. The summed E-state index contributed by atoms with van der Waals surface area (Å²) in [6.45, 7) is 1.38. The molecule has 2 aromatic heterocycles. The standard InChI is InChI=1S/C25H23F3N4O5/c1-14(33)15-2-5-20(19(10-15)25(26,27)28)37-18-4-3-17(30-13-18)12-31-23(36)24(7-8-24)32-22(35)16-6-9-29-21(34)11-16/h2-6,9-11,13-14,33H,7-8,12H2,1H3,(H,29,34)(H,31,36)(H,32,35). The first-order valence-electron chi connectivity index (χ1n) is 11.3. The summed E-state index contributed by atoms with van der Waals surface area (Å²) in [5.74, 6) is -1.35. The van der Waals surface area contributed by atoms with E-state index in [1.54, 1.807) is 0 Å². The number of carbonyl (C=O) groups is 2. The van der Waals surface area contributed by atoms with E-state index in [4.69, 9.17) is 4.74 Å². The zero-order valence-corrected chi connectivity index (χ0v) is 19.6. The van der Waals surface area contributed by atoms with Crippen molar-refractivity contribution in [3.63, 3.8) is 0 Å². The Kier molecular flexibility index (Phi) is 7.03. The number of aliphatic hydroxyl groups excluding tert-OH is 1. The highest BCUT2D eigenvalue weighted by Crippen LogP contribution is 2.39. The molecule has 194 valence electrons. The van der Waals surface area contributed by atoms with Crippen LogP contribution in [0.4, 0.5) is 13.2 Å². The van der Waals surface area contributed by atoms with Gasteiger partial charge in [-0.1, -0.05) is 6.07 Å². The van der Waals surface area contributed by atoms with Crippen LogP contribution >= 0.6 is 0 Å². The SMILES string of the molecule is CC(O)c1ccc(Oc2ccc(CNC(=O)C3(NC(=O)c4cc[nH]c(=O)c4)CC3)nc2)c(C(F)(F)F)c1. The molecule has 4 rings (SSSR count). The minimum Gasteiger partial charge on any atom is -0.455 e. The third-order valence-corrected chi connectivity index (χ3v) is 5.82. The molecule has 2 amide bonds. The molecule has 12 heteroatoms. The Balaban J connectivity index is 1.37. The van der Waals surface area contributed by atoms with Crippen LogP contribution < -0.4 is 20.9 Å². The highest BCUT2D eigenvalue weighted by molar-refractivity contribution is 6.00. The number of nitrogens with one attached hydrogen (secondary N) is 3.